The third-order valence-corrected chi connectivity index (χ3v) is 10.8. The zero-order chi connectivity index (χ0) is 17.9. The first kappa shape index (κ1) is 23.1. The van der Waals surface area contributed by atoms with Gasteiger partial charge in [0.05, 0.1) is 14.2 Å². The molecule has 0 amide bonds. The highest BCUT2D eigenvalue weighted by Gasteiger charge is 2.66. The molecule has 1 aliphatic rings. The monoisotopic (exact) mass is 596 g/mol. The highest BCUT2D eigenvalue weighted by atomic mass is 79.9. The van der Waals surface area contributed by atoms with Crippen LogP contribution in [0.25, 0.3) is 0 Å². The molecule has 0 bridgehead atoms. The molecule has 3 N–H and O–H groups in total. The Morgan fingerprint density at radius 2 is 1.52 bits per heavy atom. The predicted molar refractivity (Wildman–Crippen MR) is 107 cm³/mol. The Balaban J connectivity index is 3.54. The molecule has 1 rings (SSSR count). The van der Waals surface area contributed by atoms with Gasteiger partial charge in [0.15, 0.2) is 0 Å². The van der Waals surface area contributed by atoms with Gasteiger partial charge >= 0.3 is 9.05 Å². The van der Waals surface area contributed by atoms with E-state index in [4.69, 9.17) is 39.2 Å². The van der Waals surface area contributed by atoms with E-state index in [1.807, 2.05) is 6.08 Å². The quantitative estimate of drug-likeness (QED) is 0.226. The van der Waals surface area contributed by atoms with Crippen LogP contribution in [0.15, 0.2) is 12.2 Å². The molecule has 11 heteroatoms. The topological polar surface area (TPSA) is 69.9 Å². The number of hydrogen-bond acceptors (Lipinski definition) is 4. The first-order valence-corrected chi connectivity index (χ1v) is 12.6. The van der Waals surface area contributed by atoms with Gasteiger partial charge in [-0.25, -0.2) is 0 Å². The maximum Gasteiger partial charge on any atom is 0.672 e. The van der Waals surface area contributed by atoms with Crippen molar-refractivity contribution in [1.82, 2.24) is 0 Å². The summed E-state index contributed by atoms with van der Waals surface area (Å²) < 4.78 is 3.85. The van der Waals surface area contributed by atoms with Gasteiger partial charge in [0.1, 0.15) is 0 Å². The molecule has 0 aliphatic heterocycles. The van der Waals surface area contributed by atoms with E-state index in [1.54, 1.807) is 6.08 Å². The molecule has 0 radical (unpaired) electrons. The van der Waals surface area contributed by atoms with Crippen molar-refractivity contribution in [3.8, 4) is 0 Å². The van der Waals surface area contributed by atoms with Crippen molar-refractivity contribution in [2.24, 2.45) is 0 Å². The van der Waals surface area contributed by atoms with Crippen molar-refractivity contribution in [3.63, 3.8) is 0 Å². The fourth-order valence-electron chi connectivity index (χ4n) is 2.95. The average Bonchev–Trinajstić information content (AvgIpc) is 2.41. The third kappa shape index (κ3) is 4.69. The van der Waals surface area contributed by atoms with Gasteiger partial charge in [0.2, 0.25) is 0 Å². The summed E-state index contributed by atoms with van der Waals surface area (Å²) in [5.41, 5.74) is -1.27. The Labute approximate surface area is 177 Å². The molecule has 4 nitrogen and oxygen atoms in total. The molecular weight excluding hydrogens is 582 g/mol. The van der Waals surface area contributed by atoms with Gasteiger partial charge in [-0.3, -0.25) is 0 Å². The number of alkyl halides is 6. The van der Waals surface area contributed by atoms with E-state index in [-0.39, 0.29) is 23.0 Å². The lowest BCUT2D eigenvalue weighted by atomic mass is 9.68. The van der Waals surface area contributed by atoms with Crippen molar-refractivity contribution < 1.29 is 18.8 Å². The summed E-state index contributed by atoms with van der Waals surface area (Å²) in [5, 5.41) is 0. The van der Waals surface area contributed by atoms with Crippen LogP contribution in [0.3, 0.4) is 0 Å². The summed E-state index contributed by atoms with van der Waals surface area (Å²) in [6.07, 6.45) is 4.68. The lowest BCUT2D eigenvalue weighted by molar-refractivity contribution is -0.0474. The normalized spacial score (nSPS) is 38.0. The second-order valence-corrected chi connectivity index (χ2v) is 11.5. The zero-order valence-electron chi connectivity index (χ0n) is 12.0. The fourth-order valence-corrected chi connectivity index (χ4v) is 8.27. The van der Waals surface area contributed by atoms with Gasteiger partial charge in [0, 0.05) is 22.5 Å². The Hall–Kier alpha value is 2.11. The number of hydrogen-bond donors (Lipinski definition) is 3. The lowest BCUT2D eigenvalue weighted by Crippen LogP contribution is -2.69. The summed E-state index contributed by atoms with van der Waals surface area (Å²) in [5.74, 6) is 0.813. The van der Waals surface area contributed by atoms with Gasteiger partial charge in [-0.05, 0) is 19.3 Å². The van der Waals surface area contributed by atoms with E-state index >= 15 is 0 Å². The van der Waals surface area contributed by atoms with Crippen molar-refractivity contribution >= 4 is 91.6 Å². The summed E-state index contributed by atoms with van der Waals surface area (Å²) in [4.78, 5) is 28.6. The van der Waals surface area contributed by atoms with Gasteiger partial charge in [0.25, 0.3) is 0 Å². The molecule has 4 unspecified atom stereocenters. The van der Waals surface area contributed by atoms with E-state index in [0.717, 1.165) is 0 Å². The van der Waals surface area contributed by atoms with Crippen molar-refractivity contribution in [3.05, 3.63) is 12.2 Å². The fraction of sp³-hybridized carbons (Fsp3) is 0.833. The van der Waals surface area contributed by atoms with Gasteiger partial charge in [-0.1, -0.05) is 59.9 Å². The van der Waals surface area contributed by atoms with E-state index in [9.17, 15) is 14.4 Å². The maximum atomic E-state index is 9.57. The summed E-state index contributed by atoms with van der Waals surface area (Å²) in [7, 11) is -4.83. The first-order chi connectivity index (χ1) is 10.5. The van der Waals surface area contributed by atoms with Crippen molar-refractivity contribution in [2.45, 2.75) is 38.3 Å². The Bertz CT molecular complexity index is 442. The molecule has 0 spiro atoms. The van der Waals surface area contributed by atoms with Gasteiger partial charge in [-0.15, -0.1) is 34.8 Å². The van der Waals surface area contributed by atoms with Crippen LogP contribution in [0, 0.1) is 0 Å². The Morgan fingerprint density at radius 3 is 1.96 bits per heavy atom. The average molecular weight is 600 g/mol. The molecule has 0 saturated carbocycles. The van der Waals surface area contributed by atoms with Gasteiger partial charge < -0.3 is 18.8 Å². The molecule has 0 heterocycles. The van der Waals surface area contributed by atoms with Crippen LogP contribution in [0.4, 0.5) is 0 Å². The van der Waals surface area contributed by atoms with Crippen LogP contribution in [0.5, 0.6) is 0 Å². The van der Waals surface area contributed by atoms with E-state index < -0.39 is 23.3 Å². The minimum absolute atomic E-state index is 0.129. The molecule has 0 aromatic heterocycles. The third-order valence-electron chi connectivity index (χ3n) is 3.98. The summed E-state index contributed by atoms with van der Waals surface area (Å²) in [6, 6.07) is 0. The largest absolute Gasteiger partial charge is 0.672 e. The van der Waals surface area contributed by atoms with Crippen LogP contribution >= 0.6 is 82.6 Å². The Kier molecular flexibility index (Phi) is 8.92. The molecule has 23 heavy (non-hydrogen) atoms. The van der Waals surface area contributed by atoms with Crippen molar-refractivity contribution in [2.75, 3.05) is 17.6 Å². The van der Waals surface area contributed by atoms with Crippen LogP contribution in [0.2, 0.25) is 0 Å². The molecule has 1 aliphatic carbocycles. The summed E-state index contributed by atoms with van der Waals surface area (Å²) in [6.45, 7) is 0. The van der Waals surface area contributed by atoms with E-state index in [1.165, 1.54) is 0 Å². The number of rotatable bonds is 8. The molecule has 0 aromatic rings. The lowest BCUT2D eigenvalue weighted by Gasteiger charge is -2.58. The Morgan fingerprint density at radius 1 is 1.00 bits per heavy atom. The molecule has 136 valence electrons. The minimum atomic E-state index is -4.83. The van der Waals surface area contributed by atoms with E-state index in [2.05, 4.69) is 47.8 Å². The van der Waals surface area contributed by atoms with Crippen molar-refractivity contribution in [1.29, 1.82) is 0 Å². The highest BCUT2D eigenvalue weighted by Crippen LogP contribution is 2.59. The highest BCUT2D eigenvalue weighted by molar-refractivity contribution is 9.14. The number of halogens is 6. The maximum absolute atomic E-state index is 9.57. The molecule has 4 atom stereocenters. The van der Waals surface area contributed by atoms with Gasteiger partial charge in [-0.2, -0.15) is 0 Å². The molecular formula is C12H18Br3Cl3O4Si. The van der Waals surface area contributed by atoms with Crippen LogP contribution < -0.4 is 0 Å². The minimum Gasteiger partial charge on any atom is -0.368 e. The summed E-state index contributed by atoms with van der Waals surface area (Å²) >= 11 is 29.0. The van der Waals surface area contributed by atoms with Crippen LogP contribution in [-0.2, 0) is 4.43 Å². The first-order valence-electron chi connectivity index (χ1n) is 6.78. The molecule has 0 saturated heterocycles. The SMILES string of the molecule is O[Si](O)(O)OC1(CCCl)C=CC(Br)C(Br)(CCCl)C1(Br)CCCl. The second kappa shape index (κ2) is 8.86. The van der Waals surface area contributed by atoms with Crippen LogP contribution in [0.1, 0.15) is 19.3 Å². The predicted octanol–water partition coefficient (Wildman–Crippen LogP) is 3.64. The molecule has 0 aromatic carbocycles. The standard InChI is InChI=1S/C12H18Br3Cl3O4Si/c13-9-1-2-10(3-6-16,22-23(19,20)21)12(15,5-8-18)11(9,14)4-7-17/h1-2,9,19-21H,3-8H2. The smallest absolute Gasteiger partial charge is 0.368 e. The zero-order valence-corrected chi connectivity index (χ0v) is 20.0. The molecule has 0 fully saturated rings. The van der Waals surface area contributed by atoms with E-state index in [0.29, 0.717) is 18.7 Å². The van der Waals surface area contributed by atoms with Crippen LogP contribution in [-0.4, -0.2) is 60.2 Å². The number of allylic oxidation sites excluding steroid dienone is 1. The second-order valence-electron chi connectivity index (χ2n) is 5.31.